The molecular formula is C22H27N5O. The van der Waals surface area contributed by atoms with Crippen LogP contribution in [0.3, 0.4) is 0 Å². The second kappa shape index (κ2) is 6.44. The highest BCUT2D eigenvalue weighted by molar-refractivity contribution is 5.77. The highest BCUT2D eigenvalue weighted by Crippen LogP contribution is 2.30. The predicted octanol–water partition coefficient (Wildman–Crippen LogP) is 2.53. The van der Waals surface area contributed by atoms with Crippen molar-refractivity contribution in [3.05, 3.63) is 53.5 Å². The van der Waals surface area contributed by atoms with Crippen molar-refractivity contribution in [3.63, 3.8) is 0 Å². The lowest BCUT2D eigenvalue weighted by molar-refractivity contribution is 0.141. The van der Waals surface area contributed by atoms with Crippen LogP contribution >= 0.6 is 0 Å². The van der Waals surface area contributed by atoms with Gasteiger partial charge >= 0.3 is 0 Å². The standard InChI is InChI=1S/C22H27N5O/c1-24-12-19-10-18(24)14-26(19)11-17-9-20-13-25(6-7-27(20)23-17)15-21-8-16-4-2-3-5-22(16)28-21/h2-5,8-9,18-19H,6-7,10-15H2,1H3/t18-,19-/m0/s1. The van der Waals surface area contributed by atoms with Gasteiger partial charge in [0.1, 0.15) is 11.3 Å². The number of piperazine rings is 1. The van der Waals surface area contributed by atoms with E-state index in [9.17, 15) is 0 Å². The molecule has 2 fully saturated rings. The molecule has 0 aliphatic carbocycles. The minimum absolute atomic E-state index is 0.721. The molecule has 0 unspecified atom stereocenters. The van der Waals surface area contributed by atoms with Gasteiger partial charge in [0, 0.05) is 50.2 Å². The predicted molar refractivity (Wildman–Crippen MR) is 108 cm³/mol. The van der Waals surface area contributed by atoms with Gasteiger partial charge in [0.05, 0.1) is 24.5 Å². The first-order valence-corrected chi connectivity index (χ1v) is 10.4. The van der Waals surface area contributed by atoms with Crippen molar-refractivity contribution < 1.29 is 4.42 Å². The van der Waals surface area contributed by atoms with E-state index in [1.165, 1.54) is 36.3 Å². The third kappa shape index (κ3) is 2.87. The number of fused-ring (bicyclic) bond motifs is 4. The summed E-state index contributed by atoms with van der Waals surface area (Å²) in [4.78, 5) is 7.60. The second-order valence-corrected chi connectivity index (χ2v) is 8.72. The minimum atomic E-state index is 0.721. The summed E-state index contributed by atoms with van der Waals surface area (Å²) in [5.41, 5.74) is 3.54. The smallest absolute Gasteiger partial charge is 0.134 e. The summed E-state index contributed by atoms with van der Waals surface area (Å²) < 4.78 is 8.23. The summed E-state index contributed by atoms with van der Waals surface area (Å²) in [7, 11) is 2.26. The van der Waals surface area contributed by atoms with Crippen LogP contribution in [0, 0.1) is 0 Å². The Labute approximate surface area is 165 Å². The Balaban J connectivity index is 1.13. The average molecular weight is 377 g/mol. The van der Waals surface area contributed by atoms with Gasteiger partial charge in [0.2, 0.25) is 0 Å². The molecule has 0 amide bonds. The van der Waals surface area contributed by atoms with Crippen molar-refractivity contribution in [2.75, 3.05) is 26.7 Å². The largest absolute Gasteiger partial charge is 0.460 e. The number of hydrogen-bond donors (Lipinski definition) is 0. The van der Waals surface area contributed by atoms with Crippen LogP contribution in [0.4, 0.5) is 0 Å². The Morgan fingerprint density at radius 3 is 2.82 bits per heavy atom. The van der Waals surface area contributed by atoms with Gasteiger partial charge in [-0.05, 0) is 31.7 Å². The number of para-hydroxylation sites is 1. The third-order valence-electron chi connectivity index (χ3n) is 6.78. The number of hydrogen-bond acceptors (Lipinski definition) is 5. The fourth-order valence-electron chi connectivity index (χ4n) is 5.28. The third-order valence-corrected chi connectivity index (χ3v) is 6.78. The molecule has 2 atom stereocenters. The maximum Gasteiger partial charge on any atom is 0.134 e. The van der Waals surface area contributed by atoms with Crippen LogP contribution in [0.25, 0.3) is 11.0 Å². The van der Waals surface area contributed by atoms with Gasteiger partial charge in [0.15, 0.2) is 0 Å². The van der Waals surface area contributed by atoms with Gasteiger partial charge in [-0.2, -0.15) is 5.10 Å². The van der Waals surface area contributed by atoms with E-state index < -0.39 is 0 Å². The quantitative estimate of drug-likeness (QED) is 0.699. The molecule has 2 bridgehead atoms. The highest BCUT2D eigenvalue weighted by atomic mass is 16.3. The van der Waals surface area contributed by atoms with E-state index in [0.29, 0.717) is 0 Å². The molecule has 146 valence electrons. The van der Waals surface area contributed by atoms with Gasteiger partial charge in [-0.25, -0.2) is 0 Å². The van der Waals surface area contributed by atoms with Crippen molar-refractivity contribution in [3.8, 4) is 0 Å². The summed E-state index contributed by atoms with van der Waals surface area (Å²) in [6.45, 7) is 7.19. The first kappa shape index (κ1) is 16.8. The van der Waals surface area contributed by atoms with Gasteiger partial charge in [-0.3, -0.25) is 14.5 Å². The zero-order chi connectivity index (χ0) is 18.7. The number of aromatic nitrogens is 2. The molecule has 6 heteroatoms. The van der Waals surface area contributed by atoms with Gasteiger partial charge in [-0.1, -0.05) is 18.2 Å². The molecule has 0 spiro atoms. The zero-order valence-electron chi connectivity index (χ0n) is 16.4. The molecule has 1 aromatic carbocycles. The summed E-state index contributed by atoms with van der Waals surface area (Å²) in [5.74, 6) is 1.05. The Bertz CT molecular complexity index is 972. The normalized spacial score (nSPS) is 25.8. The minimum Gasteiger partial charge on any atom is -0.460 e. The molecule has 2 aromatic heterocycles. The van der Waals surface area contributed by atoms with Crippen LogP contribution in [-0.4, -0.2) is 63.2 Å². The molecule has 3 aromatic rings. The number of likely N-dealkylation sites (N-methyl/N-ethyl adjacent to an activating group) is 1. The van der Waals surface area contributed by atoms with E-state index in [4.69, 9.17) is 9.52 Å². The summed E-state index contributed by atoms with van der Waals surface area (Å²) in [6, 6.07) is 14.2. The Kier molecular flexibility index (Phi) is 3.86. The van der Waals surface area contributed by atoms with Gasteiger partial charge in [-0.15, -0.1) is 0 Å². The van der Waals surface area contributed by atoms with Crippen molar-refractivity contribution in [1.29, 1.82) is 0 Å². The number of likely N-dealkylation sites (tertiary alicyclic amines) is 2. The molecule has 28 heavy (non-hydrogen) atoms. The highest BCUT2D eigenvalue weighted by Gasteiger charge is 2.41. The molecule has 6 nitrogen and oxygen atoms in total. The molecule has 3 aliphatic rings. The van der Waals surface area contributed by atoms with E-state index in [0.717, 1.165) is 56.2 Å². The molecule has 0 N–H and O–H groups in total. The zero-order valence-corrected chi connectivity index (χ0v) is 16.4. The molecule has 3 aliphatic heterocycles. The second-order valence-electron chi connectivity index (χ2n) is 8.72. The van der Waals surface area contributed by atoms with E-state index in [-0.39, 0.29) is 0 Å². The number of furan rings is 1. The van der Waals surface area contributed by atoms with Gasteiger partial charge in [0.25, 0.3) is 0 Å². The summed E-state index contributed by atoms with van der Waals surface area (Å²) in [5, 5.41) is 6.09. The van der Waals surface area contributed by atoms with E-state index in [2.05, 4.69) is 50.7 Å². The first-order valence-electron chi connectivity index (χ1n) is 10.4. The van der Waals surface area contributed by atoms with Crippen LogP contribution in [0.15, 0.2) is 40.8 Å². The molecule has 0 radical (unpaired) electrons. The lowest BCUT2D eigenvalue weighted by Crippen LogP contribution is -2.44. The Morgan fingerprint density at radius 2 is 2.00 bits per heavy atom. The van der Waals surface area contributed by atoms with Crippen molar-refractivity contribution >= 4 is 11.0 Å². The van der Waals surface area contributed by atoms with Crippen molar-refractivity contribution in [2.45, 2.75) is 44.7 Å². The summed E-state index contributed by atoms with van der Waals surface area (Å²) in [6.07, 6.45) is 1.33. The van der Waals surface area contributed by atoms with Crippen LogP contribution in [0.5, 0.6) is 0 Å². The molecule has 6 rings (SSSR count). The fraction of sp³-hybridized carbons (Fsp3) is 0.500. The van der Waals surface area contributed by atoms with Crippen molar-refractivity contribution in [2.24, 2.45) is 0 Å². The van der Waals surface area contributed by atoms with Crippen LogP contribution in [0.2, 0.25) is 0 Å². The fourth-order valence-corrected chi connectivity index (χ4v) is 5.28. The molecular weight excluding hydrogens is 350 g/mol. The average Bonchev–Trinajstić information content (AvgIpc) is 3.43. The maximum absolute atomic E-state index is 6.01. The number of rotatable bonds is 4. The topological polar surface area (TPSA) is 40.7 Å². The SMILES string of the molecule is CN1C[C@@H]2C[C@H]1CN2Cc1cc2n(n1)CCN(Cc1cc3ccccc3o1)C2. The van der Waals surface area contributed by atoms with Gasteiger partial charge < -0.3 is 9.32 Å². The Morgan fingerprint density at radius 1 is 1.07 bits per heavy atom. The Hall–Kier alpha value is -2.15. The van der Waals surface area contributed by atoms with Crippen LogP contribution in [0.1, 0.15) is 23.6 Å². The molecule has 0 saturated carbocycles. The first-order chi connectivity index (χ1) is 13.7. The van der Waals surface area contributed by atoms with Crippen molar-refractivity contribution in [1.82, 2.24) is 24.5 Å². The monoisotopic (exact) mass is 377 g/mol. The van der Waals surface area contributed by atoms with E-state index in [1.807, 2.05) is 12.1 Å². The maximum atomic E-state index is 6.01. The van der Waals surface area contributed by atoms with Crippen LogP contribution < -0.4 is 0 Å². The van der Waals surface area contributed by atoms with Crippen LogP contribution in [-0.2, 0) is 26.2 Å². The lowest BCUT2D eigenvalue weighted by Gasteiger charge is -2.31. The lowest BCUT2D eigenvalue weighted by atomic mass is 10.2. The number of benzene rings is 1. The van der Waals surface area contributed by atoms with E-state index in [1.54, 1.807) is 0 Å². The molecule has 5 heterocycles. The summed E-state index contributed by atoms with van der Waals surface area (Å²) >= 11 is 0. The molecule has 2 saturated heterocycles. The van der Waals surface area contributed by atoms with E-state index >= 15 is 0 Å². The number of nitrogens with zero attached hydrogens (tertiary/aromatic N) is 5.